The highest BCUT2D eigenvalue weighted by Gasteiger charge is 2.10. The standard InChI is InChI=1S/C14H18N4O/c1-2-12(15)9-16-14(19)11-8-17-18(10-11)13-6-4-3-5-7-13/h3-8,10,12H,2,9,15H2,1H3,(H,16,19). The molecule has 0 spiro atoms. The van der Waals surface area contributed by atoms with Gasteiger partial charge in [-0.3, -0.25) is 4.79 Å². The van der Waals surface area contributed by atoms with Gasteiger partial charge in [0.1, 0.15) is 0 Å². The fourth-order valence-electron chi connectivity index (χ4n) is 1.63. The maximum absolute atomic E-state index is 11.9. The molecule has 1 aromatic heterocycles. The number of amides is 1. The van der Waals surface area contributed by atoms with Gasteiger partial charge in [0.25, 0.3) is 5.91 Å². The van der Waals surface area contributed by atoms with Gasteiger partial charge in [-0.05, 0) is 18.6 Å². The number of hydrogen-bond donors (Lipinski definition) is 2. The van der Waals surface area contributed by atoms with Crippen molar-refractivity contribution in [3.8, 4) is 5.69 Å². The van der Waals surface area contributed by atoms with Gasteiger partial charge in [-0.2, -0.15) is 5.10 Å². The van der Waals surface area contributed by atoms with Gasteiger partial charge >= 0.3 is 0 Å². The van der Waals surface area contributed by atoms with E-state index in [0.29, 0.717) is 12.1 Å². The highest BCUT2D eigenvalue weighted by atomic mass is 16.1. The summed E-state index contributed by atoms with van der Waals surface area (Å²) in [5.74, 6) is -0.147. The SMILES string of the molecule is CCC(N)CNC(=O)c1cnn(-c2ccccc2)c1. The smallest absolute Gasteiger partial charge is 0.254 e. The number of hydrogen-bond acceptors (Lipinski definition) is 3. The summed E-state index contributed by atoms with van der Waals surface area (Å²) in [5, 5.41) is 6.98. The van der Waals surface area contributed by atoms with Crippen LogP contribution in [-0.4, -0.2) is 28.3 Å². The molecule has 19 heavy (non-hydrogen) atoms. The van der Waals surface area contributed by atoms with Crippen LogP contribution in [0.15, 0.2) is 42.7 Å². The van der Waals surface area contributed by atoms with E-state index in [1.54, 1.807) is 17.1 Å². The molecule has 0 saturated carbocycles. The molecule has 0 bridgehead atoms. The van der Waals surface area contributed by atoms with E-state index in [9.17, 15) is 4.79 Å². The lowest BCUT2D eigenvalue weighted by Crippen LogP contribution is -2.36. The Morgan fingerprint density at radius 2 is 2.16 bits per heavy atom. The second-order valence-electron chi connectivity index (χ2n) is 4.39. The van der Waals surface area contributed by atoms with Crippen molar-refractivity contribution in [1.29, 1.82) is 0 Å². The third-order valence-electron chi connectivity index (χ3n) is 2.91. The summed E-state index contributed by atoms with van der Waals surface area (Å²) in [6.45, 7) is 2.47. The molecule has 0 aliphatic rings. The van der Waals surface area contributed by atoms with Gasteiger partial charge in [0.2, 0.25) is 0 Å². The third kappa shape index (κ3) is 3.42. The van der Waals surface area contributed by atoms with E-state index in [2.05, 4.69) is 10.4 Å². The van der Waals surface area contributed by atoms with Crippen molar-refractivity contribution >= 4 is 5.91 Å². The molecule has 1 unspecified atom stereocenters. The topological polar surface area (TPSA) is 72.9 Å². The van der Waals surface area contributed by atoms with Gasteiger partial charge in [0, 0.05) is 18.8 Å². The lowest BCUT2D eigenvalue weighted by molar-refractivity contribution is 0.0951. The van der Waals surface area contributed by atoms with Gasteiger partial charge in [0.05, 0.1) is 17.4 Å². The Balaban J connectivity index is 2.03. The minimum Gasteiger partial charge on any atom is -0.350 e. The number of rotatable bonds is 5. The molecule has 1 amide bonds. The van der Waals surface area contributed by atoms with Gasteiger partial charge in [-0.25, -0.2) is 4.68 Å². The molecule has 0 fully saturated rings. The predicted molar refractivity (Wildman–Crippen MR) is 74.2 cm³/mol. The molecule has 5 heteroatoms. The zero-order valence-electron chi connectivity index (χ0n) is 10.9. The van der Waals surface area contributed by atoms with Crippen LogP contribution in [0.3, 0.4) is 0 Å². The average Bonchev–Trinajstić information content (AvgIpc) is 2.95. The van der Waals surface area contributed by atoms with Crippen LogP contribution >= 0.6 is 0 Å². The highest BCUT2D eigenvalue weighted by Crippen LogP contribution is 2.07. The molecular weight excluding hydrogens is 240 g/mol. The fourth-order valence-corrected chi connectivity index (χ4v) is 1.63. The molecule has 0 saturated heterocycles. The number of aromatic nitrogens is 2. The van der Waals surface area contributed by atoms with Crippen LogP contribution in [0.2, 0.25) is 0 Å². The molecule has 1 heterocycles. The van der Waals surface area contributed by atoms with Crippen LogP contribution in [0.1, 0.15) is 23.7 Å². The van der Waals surface area contributed by atoms with Crippen molar-refractivity contribution < 1.29 is 4.79 Å². The van der Waals surface area contributed by atoms with Gasteiger partial charge in [0.15, 0.2) is 0 Å². The number of nitrogens with two attached hydrogens (primary N) is 1. The van der Waals surface area contributed by atoms with Crippen LogP contribution in [0.4, 0.5) is 0 Å². The van der Waals surface area contributed by atoms with Crippen LogP contribution < -0.4 is 11.1 Å². The number of carbonyl (C=O) groups is 1. The Morgan fingerprint density at radius 1 is 1.42 bits per heavy atom. The summed E-state index contributed by atoms with van der Waals surface area (Å²) in [4.78, 5) is 11.9. The van der Waals surface area contributed by atoms with Crippen molar-refractivity contribution in [2.45, 2.75) is 19.4 Å². The number of para-hydroxylation sites is 1. The molecule has 1 atom stereocenters. The first kappa shape index (κ1) is 13.3. The molecule has 2 aromatic rings. The summed E-state index contributed by atoms with van der Waals surface area (Å²) >= 11 is 0. The minimum absolute atomic E-state index is 0.00637. The molecule has 2 rings (SSSR count). The van der Waals surface area contributed by atoms with Crippen molar-refractivity contribution in [1.82, 2.24) is 15.1 Å². The van der Waals surface area contributed by atoms with E-state index >= 15 is 0 Å². The Kier molecular flexibility index (Phi) is 4.30. The predicted octanol–water partition coefficient (Wildman–Crippen LogP) is 1.34. The quantitative estimate of drug-likeness (QED) is 0.850. The Morgan fingerprint density at radius 3 is 2.84 bits per heavy atom. The summed E-state index contributed by atoms with van der Waals surface area (Å²) < 4.78 is 1.68. The second kappa shape index (κ2) is 6.15. The largest absolute Gasteiger partial charge is 0.350 e. The highest BCUT2D eigenvalue weighted by molar-refractivity contribution is 5.93. The summed E-state index contributed by atoms with van der Waals surface area (Å²) in [7, 11) is 0. The molecule has 100 valence electrons. The van der Waals surface area contributed by atoms with E-state index in [0.717, 1.165) is 12.1 Å². The van der Waals surface area contributed by atoms with Crippen molar-refractivity contribution in [2.24, 2.45) is 5.73 Å². The minimum atomic E-state index is -0.147. The number of carbonyl (C=O) groups excluding carboxylic acids is 1. The third-order valence-corrected chi connectivity index (χ3v) is 2.91. The van der Waals surface area contributed by atoms with E-state index in [4.69, 9.17) is 5.73 Å². The first-order chi connectivity index (χ1) is 9.20. The Hall–Kier alpha value is -2.14. The van der Waals surface area contributed by atoms with Crippen LogP contribution in [0.25, 0.3) is 5.69 Å². The van der Waals surface area contributed by atoms with E-state index in [-0.39, 0.29) is 11.9 Å². The first-order valence-corrected chi connectivity index (χ1v) is 6.34. The Bertz CT molecular complexity index is 535. The summed E-state index contributed by atoms with van der Waals surface area (Å²) in [5.41, 5.74) is 7.22. The lowest BCUT2D eigenvalue weighted by Gasteiger charge is -2.09. The maximum Gasteiger partial charge on any atom is 0.254 e. The van der Waals surface area contributed by atoms with E-state index in [1.807, 2.05) is 37.3 Å². The summed E-state index contributed by atoms with van der Waals surface area (Å²) in [6, 6.07) is 9.65. The number of nitrogens with one attached hydrogen (secondary N) is 1. The lowest BCUT2D eigenvalue weighted by atomic mass is 10.2. The van der Waals surface area contributed by atoms with E-state index < -0.39 is 0 Å². The summed E-state index contributed by atoms with van der Waals surface area (Å²) in [6.07, 6.45) is 4.10. The monoisotopic (exact) mass is 258 g/mol. The molecule has 5 nitrogen and oxygen atoms in total. The normalized spacial score (nSPS) is 12.1. The van der Waals surface area contributed by atoms with Crippen molar-refractivity contribution in [2.75, 3.05) is 6.54 Å². The van der Waals surface area contributed by atoms with Gasteiger partial charge in [-0.15, -0.1) is 0 Å². The molecule has 0 radical (unpaired) electrons. The van der Waals surface area contributed by atoms with Gasteiger partial charge < -0.3 is 11.1 Å². The maximum atomic E-state index is 11.9. The molecule has 0 aliphatic carbocycles. The number of nitrogens with zero attached hydrogens (tertiary/aromatic N) is 2. The second-order valence-corrected chi connectivity index (χ2v) is 4.39. The fraction of sp³-hybridized carbons (Fsp3) is 0.286. The van der Waals surface area contributed by atoms with Crippen LogP contribution in [0, 0.1) is 0 Å². The zero-order chi connectivity index (χ0) is 13.7. The van der Waals surface area contributed by atoms with Crippen molar-refractivity contribution in [3.05, 3.63) is 48.3 Å². The van der Waals surface area contributed by atoms with E-state index in [1.165, 1.54) is 0 Å². The molecule has 3 N–H and O–H groups in total. The van der Waals surface area contributed by atoms with Crippen molar-refractivity contribution in [3.63, 3.8) is 0 Å². The molecule has 0 aliphatic heterocycles. The number of benzene rings is 1. The molecular formula is C14H18N4O. The zero-order valence-corrected chi connectivity index (χ0v) is 10.9. The average molecular weight is 258 g/mol. The first-order valence-electron chi connectivity index (χ1n) is 6.34. The van der Waals surface area contributed by atoms with Crippen LogP contribution in [-0.2, 0) is 0 Å². The molecule has 1 aromatic carbocycles. The van der Waals surface area contributed by atoms with Crippen LogP contribution in [0.5, 0.6) is 0 Å². The Labute approximate surface area is 112 Å². The van der Waals surface area contributed by atoms with Gasteiger partial charge in [-0.1, -0.05) is 25.1 Å².